The summed E-state index contributed by atoms with van der Waals surface area (Å²) in [5.74, 6) is -0.524. The first-order valence-corrected chi connectivity index (χ1v) is 6.97. The number of rotatable bonds is 5. The highest BCUT2D eigenvalue weighted by Gasteiger charge is 2.24. The van der Waals surface area contributed by atoms with E-state index in [0.29, 0.717) is 5.56 Å². The first-order chi connectivity index (χ1) is 10.7. The Morgan fingerprint density at radius 1 is 1.57 bits per heavy atom. The van der Waals surface area contributed by atoms with Gasteiger partial charge in [0.05, 0.1) is 17.7 Å². The molecule has 0 saturated heterocycles. The lowest BCUT2D eigenvalue weighted by Gasteiger charge is -2.18. The van der Waals surface area contributed by atoms with Gasteiger partial charge in [0, 0.05) is 41.7 Å². The maximum atomic E-state index is 10.8. The van der Waals surface area contributed by atoms with Crippen molar-refractivity contribution in [2.75, 3.05) is 6.54 Å². The number of nitrogens with zero attached hydrogens (tertiary/aromatic N) is 4. The number of phenols is 1. The largest absolute Gasteiger partial charge is 0.502 e. The van der Waals surface area contributed by atoms with Gasteiger partial charge in [0.1, 0.15) is 5.60 Å². The highest BCUT2D eigenvalue weighted by molar-refractivity contribution is 6.31. The second-order valence-corrected chi connectivity index (χ2v) is 5.70. The Kier molecular flexibility index (Phi) is 4.67. The number of hydrogen-bond acceptors (Lipinski definition) is 6. The van der Waals surface area contributed by atoms with Crippen molar-refractivity contribution in [2.24, 2.45) is 12.0 Å². The summed E-state index contributed by atoms with van der Waals surface area (Å²) in [5.41, 5.74) is -1.08. The quantitative estimate of drug-likeness (QED) is 0.491. The Morgan fingerprint density at radius 2 is 2.26 bits per heavy atom. The van der Waals surface area contributed by atoms with Gasteiger partial charge in [0.25, 0.3) is 0 Å². The topological polar surface area (TPSA) is 114 Å². The number of nitro benzene ring substituents is 1. The zero-order chi connectivity index (χ0) is 17.2. The summed E-state index contributed by atoms with van der Waals surface area (Å²) in [6.45, 7) is 1.56. The molecule has 2 N–H and O–H groups in total. The Balaban J connectivity index is 2.22. The van der Waals surface area contributed by atoms with Gasteiger partial charge in [-0.15, -0.1) is 0 Å². The number of aliphatic imine (C=N–C) groups is 1. The van der Waals surface area contributed by atoms with Crippen molar-refractivity contribution in [3.63, 3.8) is 0 Å². The Hall–Kier alpha value is -2.45. The molecule has 2 aromatic rings. The van der Waals surface area contributed by atoms with E-state index in [1.807, 2.05) is 0 Å². The zero-order valence-corrected chi connectivity index (χ0v) is 13.2. The molecular weight excluding hydrogens is 324 g/mol. The fourth-order valence-corrected chi connectivity index (χ4v) is 2.18. The van der Waals surface area contributed by atoms with Crippen LogP contribution in [0, 0.1) is 10.1 Å². The summed E-state index contributed by atoms with van der Waals surface area (Å²) < 4.78 is 1.56. The molecule has 0 aliphatic rings. The second-order valence-electron chi connectivity index (χ2n) is 5.27. The van der Waals surface area contributed by atoms with Crippen LogP contribution >= 0.6 is 11.6 Å². The minimum absolute atomic E-state index is 0.0154. The van der Waals surface area contributed by atoms with Crippen LogP contribution in [0.3, 0.4) is 0 Å². The van der Waals surface area contributed by atoms with E-state index in [1.54, 1.807) is 24.9 Å². The number of hydrogen-bond donors (Lipinski definition) is 2. The van der Waals surface area contributed by atoms with Crippen LogP contribution in [-0.4, -0.2) is 37.7 Å². The van der Waals surface area contributed by atoms with E-state index in [9.17, 15) is 20.3 Å². The molecule has 1 unspecified atom stereocenters. The van der Waals surface area contributed by atoms with Gasteiger partial charge in [0.2, 0.25) is 5.75 Å². The molecule has 1 aromatic heterocycles. The normalized spacial score (nSPS) is 14.1. The Bertz CT molecular complexity index is 770. The average Bonchev–Trinajstić information content (AvgIpc) is 2.89. The van der Waals surface area contributed by atoms with Crippen LogP contribution in [0.5, 0.6) is 5.75 Å². The van der Waals surface area contributed by atoms with Gasteiger partial charge >= 0.3 is 5.69 Å². The molecule has 1 aromatic carbocycles. The molecule has 9 heteroatoms. The molecule has 8 nitrogen and oxygen atoms in total. The molecular formula is C14H15ClN4O4. The molecule has 0 aliphatic carbocycles. The van der Waals surface area contributed by atoms with Crippen molar-refractivity contribution in [1.29, 1.82) is 0 Å². The summed E-state index contributed by atoms with van der Waals surface area (Å²) in [6.07, 6.45) is 4.42. The summed E-state index contributed by atoms with van der Waals surface area (Å²) in [5, 5.41) is 35.2. The molecule has 0 spiro atoms. The van der Waals surface area contributed by atoms with E-state index < -0.39 is 22.0 Å². The standard InChI is InChI=1S/C14H15ClN4O4/c1-14(21,10-6-17-18(2)7-10)8-16-5-9-3-11(15)4-12(13(9)20)19(22)23/h3-7,20-21H,8H2,1-2H3. The zero-order valence-electron chi connectivity index (χ0n) is 12.5. The Labute approximate surface area is 136 Å². The second kappa shape index (κ2) is 6.35. The van der Waals surface area contributed by atoms with E-state index in [4.69, 9.17) is 11.6 Å². The van der Waals surface area contributed by atoms with E-state index in [2.05, 4.69) is 10.1 Å². The van der Waals surface area contributed by atoms with Crippen LogP contribution in [0.25, 0.3) is 0 Å². The summed E-state index contributed by atoms with van der Waals surface area (Å²) in [4.78, 5) is 14.2. The predicted molar refractivity (Wildman–Crippen MR) is 85.0 cm³/mol. The molecule has 1 heterocycles. The number of benzene rings is 1. The summed E-state index contributed by atoms with van der Waals surface area (Å²) in [7, 11) is 1.73. The van der Waals surface area contributed by atoms with Crippen LogP contribution in [0.4, 0.5) is 5.69 Å². The van der Waals surface area contributed by atoms with Crippen molar-refractivity contribution in [1.82, 2.24) is 9.78 Å². The molecule has 0 radical (unpaired) electrons. The van der Waals surface area contributed by atoms with E-state index in [-0.39, 0.29) is 17.1 Å². The van der Waals surface area contributed by atoms with Gasteiger partial charge < -0.3 is 10.2 Å². The molecule has 0 fully saturated rings. The lowest BCUT2D eigenvalue weighted by atomic mass is 10.00. The molecule has 0 amide bonds. The van der Waals surface area contributed by atoms with Crippen molar-refractivity contribution in [3.05, 3.63) is 50.8 Å². The van der Waals surface area contributed by atoms with E-state index in [1.165, 1.54) is 18.5 Å². The van der Waals surface area contributed by atoms with Crippen LogP contribution in [-0.2, 0) is 12.6 Å². The molecule has 0 aliphatic heterocycles. The maximum Gasteiger partial charge on any atom is 0.312 e. The van der Waals surface area contributed by atoms with E-state index >= 15 is 0 Å². The van der Waals surface area contributed by atoms with Gasteiger partial charge in [-0.05, 0) is 13.0 Å². The number of phenolic OH excluding ortho intramolecular Hbond substituents is 1. The third kappa shape index (κ3) is 3.85. The molecule has 122 valence electrons. The highest BCUT2D eigenvalue weighted by atomic mass is 35.5. The van der Waals surface area contributed by atoms with Crippen molar-refractivity contribution in [2.45, 2.75) is 12.5 Å². The number of halogens is 1. The van der Waals surface area contributed by atoms with Crippen molar-refractivity contribution >= 4 is 23.5 Å². The first kappa shape index (κ1) is 16.9. The lowest BCUT2D eigenvalue weighted by Crippen LogP contribution is -2.24. The van der Waals surface area contributed by atoms with Gasteiger partial charge in [-0.3, -0.25) is 19.8 Å². The van der Waals surface area contributed by atoms with Crippen LogP contribution < -0.4 is 0 Å². The lowest BCUT2D eigenvalue weighted by molar-refractivity contribution is -0.385. The average molecular weight is 339 g/mol. The van der Waals surface area contributed by atoms with E-state index in [0.717, 1.165) is 6.07 Å². The van der Waals surface area contributed by atoms with Gasteiger partial charge in [-0.1, -0.05) is 11.6 Å². The SMILES string of the molecule is Cn1cc(C(C)(O)CN=Cc2cc(Cl)cc([N+](=O)[O-])c2O)cn1. The molecule has 0 bridgehead atoms. The van der Waals surface area contributed by atoms with Crippen LogP contribution in [0.15, 0.2) is 29.5 Å². The summed E-state index contributed by atoms with van der Waals surface area (Å²) in [6, 6.07) is 2.41. The number of aliphatic hydroxyl groups is 1. The fourth-order valence-electron chi connectivity index (χ4n) is 1.96. The molecule has 1 atom stereocenters. The smallest absolute Gasteiger partial charge is 0.312 e. The number of aromatic nitrogens is 2. The Morgan fingerprint density at radius 3 is 2.83 bits per heavy atom. The fraction of sp³-hybridized carbons (Fsp3) is 0.286. The third-order valence-corrected chi connectivity index (χ3v) is 3.46. The van der Waals surface area contributed by atoms with Gasteiger partial charge in [-0.25, -0.2) is 0 Å². The number of aryl methyl sites for hydroxylation is 1. The maximum absolute atomic E-state index is 10.8. The summed E-state index contributed by atoms with van der Waals surface area (Å²) >= 11 is 5.80. The van der Waals surface area contributed by atoms with Crippen molar-refractivity contribution in [3.8, 4) is 5.75 Å². The van der Waals surface area contributed by atoms with Crippen LogP contribution in [0.2, 0.25) is 5.02 Å². The minimum Gasteiger partial charge on any atom is -0.502 e. The van der Waals surface area contributed by atoms with Crippen molar-refractivity contribution < 1.29 is 15.1 Å². The molecule has 0 saturated carbocycles. The highest BCUT2D eigenvalue weighted by Crippen LogP contribution is 2.32. The van der Waals surface area contributed by atoms with Crippen LogP contribution in [0.1, 0.15) is 18.1 Å². The predicted octanol–water partition coefficient (Wildman–Crippen LogP) is 2.01. The van der Waals surface area contributed by atoms with Gasteiger partial charge in [-0.2, -0.15) is 5.10 Å². The van der Waals surface area contributed by atoms with Gasteiger partial charge in [0.15, 0.2) is 0 Å². The first-order valence-electron chi connectivity index (χ1n) is 6.59. The number of nitro groups is 1. The third-order valence-electron chi connectivity index (χ3n) is 3.24. The monoisotopic (exact) mass is 338 g/mol. The number of aromatic hydroxyl groups is 1. The minimum atomic E-state index is -1.26. The molecule has 23 heavy (non-hydrogen) atoms. The molecule has 2 rings (SSSR count).